The second-order valence-electron chi connectivity index (χ2n) is 2.91. The molecule has 1 N–H and O–H groups in total. The Morgan fingerprint density at radius 1 is 1.29 bits per heavy atom. The van der Waals surface area contributed by atoms with E-state index in [4.69, 9.17) is 0 Å². The van der Waals surface area contributed by atoms with Crippen molar-refractivity contribution < 1.29 is 13.2 Å². The second-order valence-corrected chi connectivity index (χ2v) is 4.93. The Morgan fingerprint density at radius 2 is 1.86 bits per heavy atom. The first-order chi connectivity index (χ1) is 6.54. The molecular formula is C9H11NO3S. The molecule has 0 atom stereocenters. The topological polar surface area (TPSA) is 63.2 Å². The normalized spacial score (nSPS) is 10.9. The lowest BCUT2D eigenvalue weighted by molar-refractivity contribution is -0.109. The molecule has 0 radical (unpaired) electrons. The van der Waals surface area contributed by atoms with Crippen molar-refractivity contribution in [1.29, 1.82) is 0 Å². The molecule has 0 unspecified atom stereocenters. The first-order valence-corrected chi connectivity index (χ1v) is 5.89. The minimum atomic E-state index is -3.13. The van der Waals surface area contributed by atoms with Crippen molar-refractivity contribution in [2.75, 3.05) is 6.26 Å². The maximum Gasteiger partial charge on any atom is 0.207 e. The summed E-state index contributed by atoms with van der Waals surface area (Å²) in [4.78, 5) is 10.3. The van der Waals surface area contributed by atoms with Crippen LogP contribution < -0.4 is 5.32 Å². The lowest BCUT2D eigenvalue weighted by Crippen LogP contribution is -2.09. The van der Waals surface area contributed by atoms with E-state index in [-0.39, 0.29) is 4.90 Å². The van der Waals surface area contributed by atoms with Gasteiger partial charge in [-0.05, 0) is 17.7 Å². The molecule has 1 aromatic carbocycles. The maximum absolute atomic E-state index is 11.1. The van der Waals surface area contributed by atoms with Gasteiger partial charge < -0.3 is 5.32 Å². The van der Waals surface area contributed by atoms with Crippen LogP contribution in [-0.4, -0.2) is 21.1 Å². The van der Waals surface area contributed by atoms with E-state index in [0.29, 0.717) is 13.0 Å². The van der Waals surface area contributed by atoms with Crippen molar-refractivity contribution in [3.05, 3.63) is 29.8 Å². The summed E-state index contributed by atoms with van der Waals surface area (Å²) in [6.07, 6.45) is 1.76. The lowest BCUT2D eigenvalue weighted by Gasteiger charge is -2.01. The van der Waals surface area contributed by atoms with Crippen molar-refractivity contribution in [3.8, 4) is 0 Å². The fourth-order valence-corrected chi connectivity index (χ4v) is 1.64. The van der Waals surface area contributed by atoms with Gasteiger partial charge in [-0.1, -0.05) is 12.1 Å². The van der Waals surface area contributed by atoms with Crippen LogP contribution in [0, 0.1) is 0 Å². The van der Waals surface area contributed by atoms with Gasteiger partial charge in [-0.2, -0.15) is 0 Å². The van der Waals surface area contributed by atoms with Gasteiger partial charge in [0, 0.05) is 12.8 Å². The number of benzene rings is 1. The van der Waals surface area contributed by atoms with E-state index in [2.05, 4.69) is 5.32 Å². The second kappa shape index (κ2) is 4.23. The van der Waals surface area contributed by atoms with Gasteiger partial charge in [0.25, 0.3) is 0 Å². The van der Waals surface area contributed by atoms with Gasteiger partial charge in [-0.25, -0.2) is 8.42 Å². The van der Waals surface area contributed by atoms with Gasteiger partial charge in [0.15, 0.2) is 9.84 Å². The number of carbonyl (C=O) groups is 1. The molecular weight excluding hydrogens is 202 g/mol. The molecule has 4 nitrogen and oxygen atoms in total. The molecule has 0 saturated heterocycles. The summed E-state index contributed by atoms with van der Waals surface area (Å²) in [6.45, 7) is 0.410. The van der Waals surface area contributed by atoms with E-state index in [0.717, 1.165) is 11.8 Å². The highest BCUT2D eigenvalue weighted by Crippen LogP contribution is 2.09. The molecule has 0 saturated carbocycles. The molecule has 0 bridgehead atoms. The van der Waals surface area contributed by atoms with Crippen LogP contribution in [0.15, 0.2) is 29.2 Å². The molecule has 1 aromatic rings. The van der Waals surface area contributed by atoms with E-state index < -0.39 is 9.84 Å². The average Bonchev–Trinajstić information content (AvgIpc) is 2.14. The predicted molar refractivity (Wildman–Crippen MR) is 52.5 cm³/mol. The SMILES string of the molecule is CS(=O)(=O)c1ccc(CNC=O)cc1. The van der Waals surface area contributed by atoms with Crippen LogP contribution >= 0.6 is 0 Å². The van der Waals surface area contributed by atoms with Gasteiger partial charge in [0.2, 0.25) is 6.41 Å². The zero-order chi connectivity index (χ0) is 10.6. The minimum absolute atomic E-state index is 0.285. The van der Waals surface area contributed by atoms with Crippen LogP contribution in [0.1, 0.15) is 5.56 Å². The summed E-state index contributed by atoms with van der Waals surface area (Å²) in [5, 5.41) is 2.49. The maximum atomic E-state index is 11.1. The van der Waals surface area contributed by atoms with Crippen LogP contribution in [0.3, 0.4) is 0 Å². The zero-order valence-corrected chi connectivity index (χ0v) is 8.54. The first kappa shape index (κ1) is 10.7. The molecule has 0 aliphatic carbocycles. The van der Waals surface area contributed by atoms with Crippen molar-refractivity contribution in [1.82, 2.24) is 5.32 Å². The molecule has 5 heteroatoms. The number of rotatable bonds is 4. The largest absolute Gasteiger partial charge is 0.355 e. The Hall–Kier alpha value is -1.36. The Morgan fingerprint density at radius 3 is 2.29 bits per heavy atom. The summed E-state index contributed by atoms with van der Waals surface area (Å²) in [7, 11) is -3.13. The molecule has 0 aliphatic heterocycles. The van der Waals surface area contributed by atoms with E-state index in [1.807, 2.05) is 0 Å². The van der Waals surface area contributed by atoms with Crippen LogP contribution in [0.4, 0.5) is 0 Å². The molecule has 0 heterocycles. The third kappa shape index (κ3) is 2.85. The van der Waals surface area contributed by atoms with Gasteiger partial charge in [-0.3, -0.25) is 4.79 Å². The van der Waals surface area contributed by atoms with E-state index in [1.165, 1.54) is 12.1 Å². The minimum Gasteiger partial charge on any atom is -0.355 e. The van der Waals surface area contributed by atoms with Crippen molar-refractivity contribution in [2.24, 2.45) is 0 Å². The first-order valence-electron chi connectivity index (χ1n) is 4.00. The fraction of sp³-hybridized carbons (Fsp3) is 0.222. The molecule has 0 spiro atoms. The van der Waals surface area contributed by atoms with Crippen LogP contribution in [0.2, 0.25) is 0 Å². The quantitative estimate of drug-likeness (QED) is 0.733. The zero-order valence-electron chi connectivity index (χ0n) is 7.73. The Bertz CT molecular complexity index is 408. The van der Waals surface area contributed by atoms with Gasteiger partial charge in [-0.15, -0.1) is 0 Å². The summed E-state index contributed by atoms with van der Waals surface area (Å²) in [5.74, 6) is 0. The predicted octanol–water partition coefficient (Wildman–Crippen LogP) is 0.336. The number of sulfone groups is 1. The fourth-order valence-electron chi connectivity index (χ4n) is 1.01. The molecule has 76 valence electrons. The van der Waals surface area contributed by atoms with E-state index >= 15 is 0 Å². The van der Waals surface area contributed by atoms with E-state index in [9.17, 15) is 13.2 Å². The molecule has 1 rings (SSSR count). The number of carbonyl (C=O) groups excluding carboxylic acids is 1. The highest BCUT2D eigenvalue weighted by atomic mass is 32.2. The molecule has 0 fully saturated rings. The molecule has 0 aromatic heterocycles. The van der Waals surface area contributed by atoms with Crippen LogP contribution in [0.5, 0.6) is 0 Å². The Kier molecular flexibility index (Phi) is 3.24. The summed E-state index contributed by atoms with van der Waals surface area (Å²) < 4.78 is 22.2. The number of hydrogen-bond acceptors (Lipinski definition) is 3. The number of nitrogens with one attached hydrogen (secondary N) is 1. The van der Waals surface area contributed by atoms with Crippen LogP contribution in [-0.2, 0) is 21.2 Å². The highest BCUT2D eigenvalue weighted by Gasteiger charge is 2.05. The van der Waals surface area contributed by atoms with Crippen LogP contribution in [0.25, 0.3) is 0 Å². The smallest absolute Gasteiger partial charge is 0.207 e. The third-order valence-electron chi connectivity index (χ3n) is 1.74. The molecule has 14 heavy (non-hydrogen) atoms. The number of amides is 1. The Labute approximate surface area is 82.9 Å². The van der Waals surface area contributed by atoms with Gasteiger partial charge in [0.1, 0.15) is 0 Å². The highest BCUT2D eigenvalue weighted by molar-refractivity contribution is 7.90. The number of hydrogen-bond donors (Lipinski definition) is 1. The lowest BCUT2D eigenvalue weighted by atomic mass is 10.2. The molecule has 1 amide bonds. The standard InChI is InChI=1S/C9H11NO3S/c1-14(12,13)9-4-2-8(3-5-9)6-10-7-11/h2-5,7H,6H2,1H3,(H,10,11). The third-order valence-corrected chi connectivity index (χ3v) is 2.87. The monoisotopic (exact) mass is 213 g/mol. The van der Waals surface area contributed by atoms with Gasteiger partial charge >= 0.3 is 0 Å². The van der Waals surface area contributed by atoms with Crippen molar-refractivity contribution in [2.45, 2.75) is 11.4 Å². The van der Waals surface area contributed by atoms with Gasteiger partial charge in [0.05, 0.1) is 4.90 Å². The average molecular weight is 213 g/mol. The summed E-state index contributed by atoms with van der Waals surface area (Å²) in [5.41, 5.74) is 0.865. The van der Waals surface area contributed by atoms with Crippen molar-refractivity contribution >= 4 is 16.2 Å². The van der Waals surface area contributed by atoms with Crippen molar-refractivity contribution in [3.63, 3.8) is 0 Å². The Balaban J connectivity index is 2.84. The summed E-state index contributed by atoms with van der Waals surface area (Å²) >= 11 is 0. The molecule has 0 aliphatic rings. The summed E-state index contributed by atoms with van der Waals surface area (Å²) in [6, 6.07) is 6.40. The van der Waals surface area contributed by atoms with E-state index in [1.54, 1.807) is 12.1 Å².